The lowest BCUT2D eigenvalue weighted by Gasteiger charge is -2.20. The van der Waals surface area contributed by atoms with Crippen LogP contribution in [0.5, 0.6) is 0 Å². The summed E-state index contributed by atoms with van der Waals surface area (Å²) in [5, 5.41) is 6.57. The maximum atomic E-state index is 12.9. The number of hydrogen-bond donors (Lipinski definition) is 1. The summed E-state index contributed by atoms with van der Waals surface area (Å²) in [6, 6.07) is 7.15. The van der Waals surface area contributed by atoms with E-state index in [0.717, 1.165) is 12.1 Å². The van der Waals surface area contributed by atoms with Gasteiger partial charge in [0, 0.05) is 5.56 Å². The molecular weight excluding hydrogens is 375 g/mol. The molecule has 0 aliphatic carbocycles. The van der Waals surface area contributed by atoms with Crippen LogP contribution in [0, 0.1) is 5.92 Å². The number of furan rings is 1. The van der Waals surface area contributed by atoms with E-state index in [1.165, 1.54) is 24.5 Å². The molecule has 0 spiro atoms. The monoisotopic (exact) mass is 393 g/mol. The molecule has 0 aliphatic rings. The average Bonchev–Trinajstić information content (AvgIpc) is 3.36. The number of alkyl halides is 3. The van der Waals surface area contributed by atoms with Gasteiger partial charge in [0.25, 0.3) is 5.91 Å². The van der Waals surface area contributed by atoms with Crippen molar-refractivity contribution >= 4 is 5.91 Å². The first-order valence-corrected chi connectivity index (χ1v) is 8.65. The van der Waals surface area contributed by atoms with Crippen molar-refractivity contribution in [1.82, 2.24) is 15.5 Å². The highest BCUT2D eigenvalue weighted by atomic mass is 19.4. The number of nitrogens with one attached hydrogen (secondary N) is 1. The summed E-state index contributed by atoms with van der Waals surface area (Å²) in [5.74, 6) is -0.253. The number of hydrogen-bond acceptors (Lipinski definition) is 5. The number of benzene rings is 1. The van der Waals surface area contributed by atoms with Gasteiger partial charge in [0.15, 0.2) is 5.76 Å². The van der Waals surface area contributed by atoms with E-state index in [0.29, 0.717) is 6.42 Å². The zero-order chi connectivity index (χ0) is 20.3. The number of halogens is 3. The first-order valence-electron chi connectivity index (χ1n) is 8.65. The van der Waals surface area contributed by atoms with Gasteiger partial charge in [-0.1, -0.05) is 37.6 Å². The second kappa shape index (κ2) is 7.87. The zero-order valence-corrected chi connectivity index (χ0v) is 15.2. The maximum absolute atomic E-state index is 12.9. The van der Waals surface area contributed by atoms with Crippen LogP contribution in [0.25, 0.3) is 11.4 Å². The lowest BCUT2D eigenvalue weighted by molar-refractivity contribution is -0.137. The fraction of sp³-hybridized carbons (Fsp3) is 0.316. The Morgan fingerprint density at radius 3 is 2.68 bits per heavy atom. The van der Waals surface area contributed by atoms with Gasteiger partial charge in [-0.05, 0) is 30.2 Å². The van der Waals surface area contributed by atoms with Gasteiger partial charge in [0.2, 0.25) is 11.7 Å². The Kier molecular flexibility index (Phi) is 5.53. The fourth-order valence-corrected chi connectivity index (χ4v) is 2.62. The van der Waals surface area contributed by atoms with E-state index in [-0.39, 0.29) is 29.0 Å². The lowest BCUT2D eigenvalue weighted by Crippen LogP contribution is -2.32. The largest absolute Gasteiger partial charge is 0.459 e. The van der Waals surface area contributed by atoms with Crippen LogP contribution in [-0.2, 0) is 6.18 Å². The Labute approximate surface area is 158 Å². The number of nitrogens with zero attached hydrogens (tertiary/aromatic N) is 2. The predicted molar refractivity (Wildman–Crippen MR) is 93.1 cm³/mol. The summed E-state index contributed by atoms with van der Waals surface area (Å²) in [4.78, 5) is 16.5. The van der Waals surface area contributed by atoms with Gasteiger partial charge in [0.1, 0.15) is 6.04 Å². The highest BCUT2D eigenvalue weighted by molar-refractivity contribution is 5.91. The molecule has 2 heterocycles. The van der Waals surface area contributed by atoms with Gasteiger partial charge in [0.05, 0.1) is 11.8 Å². The summed E-state index contributed by atoms with van der Waals surface area (Å²) in [6.07, 6.45) is -2.39. The Hall–Kier alpha value is -3.10. The average molecular weight is 393 g/mol. The molecule has 148 valence electrons. The van der Waals surface area contributed by atoms with Crippen molar-refractivity contribution in [2.24, 2.45) is 5.92 Å². The SMILES string of the molecule is CCC(C)C(NC(=O)c1ccco1)c1nc(-c2cccc(C(F)(F)F)c2)no1. The highest BCUT2D eigenvalue weighted by Gasteiger charge is 2.31. The molecule has 0 aliphatic heterocycles. The number of carbonyl (C=O) groups excluding carboxylic acids is 1. The van der Waals surface area contributed by atoms with Gasteiger partial charge in [-0.3, -0.25) is 4.79 Å². The van der Waals surface area contributed by atoms with Gasteiger partial charge >= 0.3 is 6.18 Å². The summed E-state index contributed by atoms with van der Waals surface area (Å²) >= 11 is 0. The van der Waals surface area contributed by atoms with Crippen LogP contribution in [0.3, 0.4) is 0 Å². The minimum atomic E-state index is -4.47. The van der Waals surface area contributed by atoms with Crippen LogP contribution in [0.2, 0.25) is 0 Å². The van der Waals surface area contributed by atoms with Gasteiger partial charge in [-0.15, -0.1) is 0 Å². The van der Waals surface area contributed by atoms with Crippen LogP contribution in [-0.4, -0.2) is 16.0 Å². The van der Waals surface area contributed by atoms with E-state index in [1.807, 2.05) is 13.8 Å². The Bertz CT molecular complexity index is 935. The van der Waals surface area contributed by atoms with E-state index >= 15 is 0 Å². The minimum Gasteiger partial charge on any atom is -0.459 e. The second-order valence-corrected chi connectivity index (χ2v) is 6.35. The van der Waals surface area contributed by atoms with E-state index in [1.54, 1.807) is 6.07 Å². The Morgan fingerprint density at radius 1 is 1.25 bits per heavy atom. The van der Waals surface area contributed by atoms with Gasteiger partial charge in [-0.25, -0.2) is 0 Å². The van der Waals surface area contributed by atoms with Gasteiger partial charge < -0.3 is 14.3 Å². The summed E-state index contributed by atoms with van der Waals surface area (Å²) < 4.78 is 49.1. The molecule has 2 unspecified atom stereocenters. The van der Waals surface area contributed by atoms with Crippen molar-refractivity contribution in [1.29, 1.82) is 0 Å². The third kappa shape index (κ3) is 4.24. The lowest BCUT2D eigenvalue weighted by atomic mass is 9.99. The quantitative estimate of drug-likeness (QED) is 0.646. The van der Waals surface area contributed by atoms with Crippen molar-refractivity contribution in [3.05, 3.63) is 59.9 Å². The van der Waals surface area contributed by atoms with Crippen LogP contribution in [0.1, 0.15) is 48.3 Å². The first-order chi connectivity index (χ1) is 13.3. The molecule has 0 radical (unpaired) electrons. The fourth-order valence-electron chi connectivity index (χ4n) is 2.62. The molecule has 0 saturated carbocycles. The first kappa shape index (κ1) is 19.7. The van der Waals surface area contributed by atoms with Crippen molar-refractivity contribution in [2.45, 2.75) is 32.5 Å². The summed E-state index contributed by atoms with van der Waals surface area (Å²) in [7, 11) is 0. The molecule has 2 atom stereocenters. The Morgan fingerprint density at radius 2 is 2.04 bits per heavy atom. The van der Waals surface area contributed by atoms with Crippen molar-refractivity contribution < 1.29 is 26.9 Å². The van der Waals surface area contributed by atoms with Crippen LogP contribution in [0.15, 0.2) is 51.6 Å². The number of carbonyl (C=O) groups is 1. The van der Waals surface area contributed by atoms with E-state index in [2.05, 4.69) is 15.5 Å². The molecule has 0 saturated heterocycles. The smallest absolute Gasteiger partial charge is 0.416 e. The summed E-state index contributed by atoms with van der Waals surface area (Å²) in [6.45, 7) is 3.82. The maximum Gasteiger partial charge on any atom is 0.416 e. The molecule has 28 heavy (non-hydrogen) atoms. The normalized spacial score (nSPS) is 13.9. The van der Waals surface area contributed by atoms with E-state index in [9.17, 15) is 18.0 Å². The molecular formula is C19H18F3N3O3. The molecule has 1 N–H and O–H groups in total. The van der Waals surface area contributed by atoms with Crippen molar-refractivity contribution in [3.8, 4) is 11.4 Å². The van der Waals surface area contributed by atoms with Crippen LogP contribution >= 0.6 is 0 Å². The summed E-state index contributed by atoms with van der Waals surface area (Å²) in [5.41, 5.74) is -0.633. The molecule has 1 amide bonds. The molecule has 0 fully saturated rings. The second-order valence-electron chi connectivity index (χ2n) is 6.35. The van der Waals surface area contributed by atoms with Crippen molar-refractivity contribution in [2.75, 3.05) is 0 Å². The topological polar surface area (TPSA) is 81.2 Å². The Balaban J connectivity index is 1.87. The molecule has 9 heteroatoms. The standard InChI is InChI=1S/C19H18F3N3O3/c1-3-11(2)15(23-17(26)14-8-5-9-27-14)18-24-16(25-28-18)12-6-4-7-13(10-12)19(20,21)22/h4-11,15H,3H2,1-2H3,(H,23,26). The molecule has 3 rings (SSSR count). The number of rotatable bonds is 6. The predicted octanol–water partition coefficient (Wildman–Crippen LogP) is 4.87. The molecule has 0 bridgehead atoms. The van der Waals surface area contributed by atoms with E-state index in [4.69, 9.17) is 8.94 Å². The number of aromatic nitrogens is 2. The highest BCUT2D eigenvalue weighted by Crippen LogP contribution is 2.32. The van der Waals surface area contributed by atoms with Crippen LogP contribution in [0.4, 0.5) is 13.2 Å². The molecule has 3 aromatic rings. The number of amides is 1. The molecule has 2 aromatic heterocycles. The van der Waals surface area contributed by atoms with Crippen molar-refractivity contribution in [3.63, 3.8) is 0 Å². The zero-order valence-electron chi connectivity index (χ0n) is 15.2. The molecule has 1 aromatic carbocycles. The minimum absolute atomic E-state index is 0.0154. The van der Waals surface area contributed by atoms with Gasteiger partial charge in [-0.2, -0.15) is 18.2 Å². The van der Waals surface area contributed by atoms with E-state index < -0.39 is 23.7 Å². The van der Waals surface area contributed by atoms with Crippen LogP contribution < -0.4 is 5.32 Å². The third-order valence-electron chi connectivity index (χ3n) is 4.40. The molecule has 6 nitrogen and oxygen atoms in total. The third-order valence-corrected chi connectivity index (χ3v) is 4.40.